The lowest BCUT2D eigenvalue weighted by atomic mass is 9.86. The summed E-state index contributed by atoms with van der Waals surface area (Å²) in [6, 6.07) is 19.3. The van der Waals surface area contributed by atoms with Crippen molar-refractivity contribution < 1.29 is 23.1 Å². The summed E-state index contributed by atoms with van der Waals surface area (Å²) in [6.45, 7) is 5.45. The van der Waals surface area contributed by atoms with Gasteiger partial charge in [0.05, 0.1) is 23.4 Å². The third kappa shape index (κ3) is 5.73. The van der Waals surface area contributed by atoms with Crippen molar-refractivity contribution in [3.63, 3.8) is 0 Å². The van der Waals surface area contributed by atoms with Gasteiger partial charge in [-0.1, -0.05) is 49.4 Å². The van der Waals surface area contributed by atoms with Crippen LogP contribution in [0, 0.1) is 0 Å². The fourth-order valence-electron chi connectivity index (χ4n) is 5.56. The molecule has 3 N–H and O–H groups in total. The molecule has 0 saturated carbocycles. The number of carbonyl (C=O) groups excluding carboxylic acids is 1. The lowest BCUT2D eigenvalue weighted by molar-refractivity contribution is -0.121. The van der Waals surface area contributed by atoms with Crippen molar-refractivity contribution in [2.75, 3.05) is 0 Å². The van der Waals surface area contributed by atoms with Crippen LogP contribution in [0.25, 0.3) is 0 Å². The molecule has 1 aliphatic heterocycles. The van der Waals surface area contributed by atoms with Gasteiger partial charge in [-0.15, -0.1) is 0 Å². The van der Waals surface area contributed by atoms with Crippen LogP contribution in [-0.4, -0.2) is 31.1 Å². The summed E-state index contributed by atoms with van der Waals surface area (Å²) in [7, 11) is -3.94. The molecule has 1 aliphatic carbocycles. The molecule has 3 aromatic rings. The van der Waals surface area contributed by atoms with Gasteiger partial charge < -0.3 is 15.2 Å². The van der Waals surface area contributed by atoms with Crippen molar-refractivity contribution in [2.45, 2.75) is 81.6 Å². The van der Waals surface area contributed by atoms with Gasteiger partial charge in [0.15, 0.2) is 0 Å². The summed E-state index contributed by atoms with van der Waals surface area (Å²) in [6.07, 6.45) is 2.71. The van der Waals surface area contributed by atoms with Crippen LogP contribution in [0.4, 0.5) is 0 Å². The Morgan fingerprint density at radius 2 is 1.74 bits per heavy atom. The van der Waals surface area contributed by atoms with Crippen LogP contribution < -0.4 is 14.8 Å². The number of fused-ring (bicyclic) bond motifs is 2. The van der Waals surface area contributed by atoms with E-state index < -0.39 is 27.8 Å². The Kier molecular flexibility index (Phi) is 7.55. The zero-order valence-corrected chi connectivity index (χ0v) is 23.4. The monoisotopic (exact) mass is 548 g/mol. The van der Waals surface area contributed by atoms with E-state index in [9.17, 15) is 18.3 Å². The molecule has 1 heterocycles. The van der Waals surface area contributed by atoms with E-state index in [4.69, 9.17) is 4.74 Å². The lowest BCUT2D eigenvalue weighted by Gasteiger charge is -2.42. The van der Waals surface area contributed by atoms with Crippen LogP contribution in [0.3, 0.4) is 0 Å². The van der Waals surface area contributed by atoms with Crippen molar-refractivity contribution in [1.82, 2.24) is 10.0 Å². The molecule has 1 amide bonds. The Morgan fingerprint density at radius 3 is 2.49 bits per heavy atom. The van der Waals surface area contributed by atoms with Crippen LogP contribution >= 0.6 is 0 Å². The number of rotatable bonds is 7. The largest absolute Gasteiger partial charge is 0.485 e. The molecule has 8 heteroatoms. The number of amides is 1. The predicted molar refractivity (Wildman–Crippen MR) is 150 cm³/mol. The third-order valence-electron chi connectivity index (χ3n) is 7.80. The minimum atomic E-state index is -3.94. The third-order valence-corrected chi connectivity index (χ3v) is 9.26. The Hall–Kier alpha value is -3.20. The summed E-state index contributed by atoms with van der Waals surface area (Å²) >= 11 is 0. The normalized spacial score (nSPS) is 21.8. The number of nitrogens with one attached hydrogen (secondary N) is 2. The fraction of sp³-hybridized carbons (Fsp3) is 0.387. The maximum absolute atomic E-state index is 13.3. The molecular formula is C31H36N2O5S. The van der Waals surface area contributed by atoms with Crippen molar-refractivity contribution in [3.8, 4) is 5.75 Å². The highest BCUT2D eigenvalue weighted by atomic mass is 32.2. The van der Waals surface area contributed by atoms with E-state index in [0.717, 1.165) is 31.2 Å². The van der Waals surface area contributed by atoms with Gasteiger partial charge in [0.25, 0.3) is 0 Å². The van der Waals surface area contributed by atoms with E-state index in [2.05, 4.69) is 22.2 Å². The van der Waals surface area contributed by atoms with E-state index in [0.29, 0.717) is 16.9 Å². The van der Waals surface area contributed by atoms with Crippen LogP contribution in [0.2, 0.25) is 0 Å². The van der Waals surface area contributed by atoms with Gasteiger partial charge in [-0.25, -0.2) is 13.1 Å². The average molecular weight is 549 g/mol. The number of hydrogen-bond acceptors (Lipinski definition) is 5. The molecule has 0 spiro atoms. The summed E-state index contributed by atoms with van der Waals surface area (Å²) in [4.78, 5) is 13.2. The smallest absolute Gasteiger partial charge is 0.241 e. The molecule has 0 aromatic heterocycles. The Morgan fingerprint density at radius 1 is 1.03 bits per heavy atom. The summed E-state index contributed by atoms with van der Waals surface area (Å²) in [5, 5.41) is 14.4. The number of benzene rings is 3. The summed E-state index contributed by atoms with van der Waals surface area (Å²) in [5.74, 6) is 0.368. The second-order valence-electron chi connectivity index (χ2n) is 11.0. The zero-order chi connectivity index (χ0) is 27.8. The van der Waals surface area contributed by atoms with E-state index in [1.165, 1.54) is 11.1 Å². The maximum atomic E-state index is 13.3. The highest BCUT2D eigenvalue weighted by Gasteiger charge is 2.44. The molecule has 2 unspecified atom stereocenters. The van der Waals surface area contributed by atoms with Crippen LogP contribution in [0.5, 0.6) is 5.75 Å². The van der Waals surface area contributed by atoms with Crippen molar-refractivity contribution >= 4 is 15.9 Å². The Balaban J connectivity index is 1.38. The molecule has 2 aliphatic rings. The number of aliphatic hydroxyl groups is 1. The second kappa shape index (κ2) is 10.8. The summed E-state index contributed by atoms with van der Waals surface area (Å²) < 4.78 is 35.4. The molecule has 0 radical (unpaired) electrons. The minimum Gasteiger partial charge on any atom is -0.485 e. The van der Waals surface area contributed by atoms with Crippen molar-refractivity contribution in [1.29, 1.82) is 0 Å². The minimum absolute atomic E-state index is 0.0234. The number of sulfonamides is 1. The van der Waals surface area contributed by atoms with Gasteiger partial charge in [-0.05, 0) is 86.1 Å². The highest BCUT2D eigenvalue weighted by Crippen LogP contribution is 2.41. The number of carbonyl (C=O) groups is 1. The number of aliphatic hydroxyl groups excluding tert-OH is 1. The van der Waals surface area contributed by atoms with Crippen LogP contribution in [0.1, 0.15) is 73.5 Å². The molecule has 0 fully saturated rings. The lowest BCUT2D eigenvalue weighted by Crippen LogP contribution is -2.53. The maximum Gasteiger partial charge on any atom is 0.241 e. The zero-order valence-electron chi connectivity index (χ0n) is 22.6. The van der Waals surface area contributed by atoms with Crippen LogP contribution in [-0.2, 0) is 34.1 Å². The molecule has 7 nitrogen and oxygen atoms in total. The van der Waals surface area contributed by atoms with E-state index in [-0.39, 0.29) is 23.3 Å². The number of ether oxygens (including phenoxy) is 1. The van der Waals surface area contributed by atoms with Crippen molar-refractivity contribution in [2.24, 2.45) is 0 Å². The highest BCUT2D eigenvalue weighted by molar-refractivity contribution is 7.89. The quantitative estimate of drug-likeness (QED) is 0.402. The van der Waals surface area contributed by atoms with Gasteiger partial charge in [-0.3, -0.25) is 4.79 Å². The standard InChI is InChI=1S/C31H36N2O5S/c1-4-20-12-15-23(16-13-20)39(36,37)33-29-25-18-21(14-17-27(25)38-31(2,3)30(29)35)19-28(34)32-26-11-7-9-22-8-5-6-10-24(22)26/h5-6,8,10,12-18,26,29-30,33,35H,4,7,9,11,19H2,1-3H3,(H,32,34)/t26?,29?,30-/m0/s1. The average Bonchev–Trinajstić information content (AvgIpc) is 2.92. The first-order chi connectivity index (χ1) is 18.6. The van der Waals surface area contributed by atoms with Gasteiger partial charge in [0.2, 0.25) is 15.9 Å². The Bertz CT molecular complexity index is 1470. The Labute approximate surface area is 230 Å². The van der Waals surface area contributed by atoms with Crippen molar-refractivity contribution in [3.05, 3.63) is 94.5 Å². The first-order valence-corrected chi connectivity index (χ1v) is 15.0. The van der Waals surface area contributed by atoms with Gasteiger partial charge in [0, 0.05) is 5.56 Å². The molecule has 0 saturated heterocycles. The van der Waals surface area contributed by atoms with E-state index >= 15 is 0 Å². The summed E-state index contributed by atoms with van der Waals surface area (Å²) in [5.41, 5.74) is 3.66. The van der Waals surface area contributed by atoms with E-state index in [1.54, 1.807) is 50.2 Å². The molecule has 3 atom stereocenters. The van der Waals surface area contributed by atoms with Gasteiger partial charge >= 0.3 is 0 Å². The van der Waals surface area contributed by atoms with Gasteiger partial charge in [-0.2, -0.15) is 0 Å². The van der Waals surface area contributed by atoms with E-state index in [1.807, 2.05) is 25.1 Å². The second-order valence-corrected chi connectivity index (χ2v) is 12.7. The predicted octanol–water partition coefficient (Wildman–Crippen LogP) is 4.54. The fourth-order valence-corrected chi connectivity index (χ4v) is 6.78. The topological polar surface area (TPSA) is 105 Å². The molecular weight excluding hydrogens is 512 g/mol. The molecule has 39 heavy (non-hydrogen) atoms. The van der Waals surface area contributed by atoms with Gasteiger partial charge in [0.1, 0.15) is 17.5 Å². The number of aryl methyl sites for hydroxylation is 2. The first kappa shape index (κ1) is 27.4. The number of hydrogen-bond donors (Lipinski definition) is 3. The molecule has 0 bridgehead atoms. The molecule has 5 rings (SSSR count). The van der Waals surface area contributed by atoms with Crippen LogP contribution in [0.15, 0.2) is 71.6 Å². The molecule has 206 valence electrons. The molecule has 3 aromatic carbocycles. The first-order valence-electron chi connectivity index (χ1n) is 13.6. The SMILES string of the molecule is CCc1ccc(S(=O)(=O)NC2c3cc(CC(=O)NC4CCCc5ccccc54)ccc3OC(C)(C)[C@H]2O)cc1.